The third-order valence-corrected chi connectivity index (χ3v) is 4.02. The van der Waals surface area contributed by atoms with Gasteiger partial charge in [-0.3, -0.25) is 9.69 Å². The molecule has 0 aliphatic carbocycles. The number of carbonyl (C=O) groups is 3. The molecule has 27 heavy (non-hydrogen) atoms. The van der Waals surface area contributed by atoms with Crippen molar-refractivity contribution in [3.05, 3.63) is 60.7 Å². The van der Waals surface area contributed by atoms with Crippen LogP contribution in [-0.4, -0.2) is 47.0 Å². The molecule has 0 saturated heterocycles. The summed E-state index contributed by atoms with van der Waals surface area (Å²) in [7, 11) is 0. The van der Waals surface area contributed by atoms with Gasteiger partial charge in [-0.2, -0.15) is 0 Å². The van der Waals surface area contributed by atoms with Crippen molar-refractivity contribution < 1.29 is 19.5 Å². The number of benzene rings is 2. The number of carboxylic acid groups (broad SMARTS) is 1. The van der Waals surface area contributed by atoms with E-state index in [-0.39, 0.29) is 19.0 Å². The molecule has 0 heterocycles. The first-order valence-corrected chi connectivity index (χ1v) is 8.60. The van der Waals surface area contributed by atoms with Crippen molar-refractivity contribution in [1.82, 2.24) is 10.2 Å². The normalized spacial score (nSPS) is 11.3. The Balaban J connectivity index is 2.39. The van der Waals surface area contributed by atoms with Gasteiger partial charge in [0.1, 0.15) is 6.04 Å². The van der Waals surface area contributed by atoms with E-state index in [1.807, 2.05) is 12.1 Å². The highest BCUT2D eigenvalue weighted by Gasteiger charge is 2.30. The molecule has 0 radical (unpaired) electrons. The van der Waals surface area contributed by atoms with Crippen molar-refractivity contribution in [2.45, 2.75) is 19.9 Å². The lowest BCUT2D eigenvalue weighted by molar-refractivity contribution is -0.141. The smallest absolute Gasteiger partial charge is 0.329 e. The minimum atomic E-state index is -1.12. The van der Waals surface area contributed by atoms with E-state index >= 15 is 0 Å². The summed E-state index contributed by atoms with van der Waals surface area (Å²) in [4.78, 5) is 38.7. The molecular formula is C20H23N3O4. The fraction of sp³-hybridized carbons (Fsp3) is 0.250. The lowest BCUT2D eigenvalue weighted by atomic mass is 10.2. The van der Waals surface area contributed by atoms with Gasteiger partial charge in [0.15, 0.2) is 0 Å². The molecule has 7 heteroatoms. The second kappa shape index (κ2) is 9.38. The molecule has 0 aliphatic rings. The molecule has 0 aromatic heterocycles. The van der Waals surface area contributed by atoms with Crippen LogP contribution in [0.25, 0.3) is 0 Å². The fourth-order valence-corrected chi connectivity index (χ4v) is 2.59. The Bertz CT molecular complexity index is 741. The van der Waals surface area contributed by atoms with Crippen LogP contribution in [-0.2, 0) is 9.59 Å². The summed E-state index contributed by atoms with van der Waals surface area (Å²) < 4.78 is 0. The number of anilines is 2. The minimum absolute atomic E-state index is 0.0715. The highest BCUT2D eigenvalue weighted by molar-refractivity contribution is 6.00. The van der Waals surface area contributed by atoms with E-state index in [4.69, 9.17) is 0 Å². The molecule has 2 rings (SSSR count). The van der Waals surface area contributed by atoms with Gasteiger partial charge < -0.3 is 15.3 Å². The molecular weight excluding hydrogens is 346 g/mol. The maximum absolute atomic E-state index is 13.3. The Labute approximate surface area is 158 Å². The fourth-order valence-electron chi connectivity index (χ4n) is 2.59. The number of urea groups is 1. The first-order valence-electron chi connectivity index (χ1n) is 8.60. The summed E-state index contributed by atoms with van der Waals surface area (Å²) in [6, 6.07) is 16.5. The van der Waals surface area contributed by atoms with Gasteiger partial charge in [-0.1, -0.05) is 36.4 Å². The largest absolute Gasteiger partial charge is 0.480 e. The van der Waals surface area contributed by atoms with Crippen LogP contribution in [0.2, 0.25) is 0 Å². The van der Waals surface area contributed by atoms with Crippen LogP contribution < -0.4 is 10.2 Å². The van der Waals surface area contributed by atoms with Gasteiger partial charge in [-0.15, -0.1) is 0 Å². The maximum Gasteiger partial charge on any atom is 0.329 e. The Morgan fingerprint density at radius 2 is 1.44 bits per heavy atom. The maximum atomic E-state index is 13.3. The molecule has 0 bridgehead atoms. The summed E-state index contributed by atoms with van der Waals surface area (Å²) in [5, 5.41) is 12.0. The Kier molecular flexibility index (Phi) is 6.93. The summed E-state index contributed by atoms with van der Waals surface area (Å²) in [5.41, 5.74) is 1.24. The lowest BCUT2D eigenvalue weighted by Crippen LogP contribution is -2.51. The van der Waals surface area contributed by atoms with Gasteiger partial charge >= 0.3 is 12.0 Å². The van der Waals surface area contributed by atoms with E-state index in [2.05, 4.69) is 5.32 Å². The molecule has 0 aliphatic heterocycles. The van der Waals surface area contributed by atoms with Crippen LogP contribution >= 0.6 is 0 Å². The molecule has 0 saturated carbocycles. The molecule has 2 aromatic carbocycles. The summed E-state index contributed by atoms with van der Waals surface area (Å²) in [6.07, 6.45) is 0. The van der Waals surface area contributed by atoms with Crippen molar-refractivity contribution in [3.63, 3.8) is 0 Å². The van der Waals surface area contributed by atoms with Crippen molar-refractivity contribution >= 4 is 29.3 Å². The number of para-hydroxylation sites is 2. The van der Waals surface area contributed by atoms with Crippen molar-refractivity contribution in [2.75, 3.05) is 18.0 Å². The number of nitrogens with zero attached hydrogens (tertiary/aromatic N) is 2. The van der Waals surface area contributed by atoms with Crippen LogP contribution in [0.15, 0.2) is 60.7 Å². The molecule has 0 fully saturated rings. The van der Waals surface area contributed by atoms with Gasteiger partial charge in [-0.05, 0) is 31.2 Å². The topological polar surface area (TPSA) is 90.0 Å². The monoisotopic (exact) mass is 369 g/mol. The molecule has 142 valence electrons. The van der Waals surface area contributed by atoms with Gasteiger partial charge in [0.2, 0.25) is 5.91 Å². The molecule has 7 nitrogen and oxygen atoms in total. The standard InChI is InChI=1S/C20H23N3O4/c1-15(19(25)26)22(14-13-21-16(2)24)20(27)23(17-9-5-3-6-10-17)18-11-7-4-8-12-18/h3-12,15H,13-14H2,1-2H3,(H,21,24)(H,25,26). The van der Waals surface area contributed by atoms with Gasteiger partial charge in [0, 0.05) is 20.0 Å². The summed E-state index contributed by atoms with van der Waals surface area (Å²) in [5.74, 6) is -1.36. The first kappa shape index (κ1) is 20.0. The molecule has 2 aromatic rings. The van der Waals surface area contributed by atoms with Gasteiger partial charge in [0.05, 0.1) is 11.4 Å². The SMILES string of the molecule is CC(=O)NCCN(C(=O)N(c1ccccc1)c1ccccc1)C(C)C(=O)O. The van der Waals surface area contributed by atoms with E-state index in [1.54, 1.807) is 48.5 Å². The Morgan fingerprint density at radius 3 is 1.85 bits per heavy atom. The minimum Gasteiger partial charge on any atom is -0.480 e. The van der Waals surface area contributed by atoms with Crippen LogP contribution in [0.5, 0.6) is 0 Å². The quantitative estimate of drug-likeness (QED) is 0.785. The zero-order chi connectivity index (χ0) is 19.8. The Morgan fingerprint density at radius 1 is 0.963 bits per heavy atom. The van der Waals surface area contributed by atoms with E-state index in [0.717, 1.165) is 0 Å². The average Bonchev–Trinajstić information content (AvgIpc) is 2.66. The first-order chi connectivity index (χ1) is 12.9. The van der Waals surface area contributed by atoms with Crippen LogP contribution in [0, 0.1) is 0 Å². The number of hydrogen-bond acceptors (Lipinski definition) is 3. The summed E-state index contributed by atoms with van der Waals surface area (Å²) in [6.45, 7) is 3.05. The van der Waals surface area contributed by atoms with E-state index in [1.165, 1.54) is 23.6 Å². The molecule has 3 amide bonds. The van der Waals surface area contributed by atoms with E-state index in [0.29, 0.717) is 11.4 Å². The van der Waals surface area contributed by atoms with Gasteiger partial charge in [-0.25, -0.2) is 9.59 Å². The lowest BCUT2D eigenvalue weighted by Gasteiger charge is -2.33. The van der Waals surface area contributed by atoms with Crippen molar-refractivity contribution in [3.8, 4) is 0 Å². The van der Waals surface area contributed by atoms with Crippen LogP contribution in [0.3, 0.4) is 0 Å². The van der Waals surface area contributed by atoms with E-state index < -0.39 is 18.0 Å². The molecule has 0 spiro atoms. The van der Waals surface area contributed by atoms with E-state index in [9.17, 15) is 19.5 Å². The number of amides is 3. The second-order valence-electron chi connectivity index (χ2n) is 5.98. The zero-order valence-electron chi connectivity index (χ0n) is 15.3. The number of rotatable bonds is 7. The highest BCUT2D eigenvalue weighted by atomic mass is 16.4. The zero-order valence-corrected chi connectivity index (χ0v) is 15.3. The molecule has 1 unspecified atom stereocenters. The molecule has 1 atom stereocenters. The number of aliphatic carboxylic acids is 1. The van der Waals surface area contributed by atoms with Crippen LogP contribution in [0.4, 0.5) is 16.2 Å². The predicted octanol–water partition coefficient (Wildman–Crippen LogP) is 2.86. The third-order valence-electron chi connectivity index (χ3n) is 4.02. The second-order valence-corrected chi connectivity index (χ2v) is 5.98. The third kappa shape index (κ3) is 5.31. The highest BCUT2D eigenvalue weighted by Crippen LogP contribution is 2.27. The number of hydrogen-bond donors (Lipinski definition) is 2. The Hall–Kier alpha value is -3.35. The summed E-state index contributed by atoms with van der Waals surface area (Å²) >= 11 is 0. The molecule has 2 N–H and O–H groups in total. The van der Waals surface area contributed by atoms with Crippen LogP contribution in [0.1, 0.15) is 13.8 Å². The average molecular weight is 369 g/mol. The predicted molar refractivity (Wildman–Crippen MR) is 103 cm³/mol. The number of nitrogens with one attached hydrogen (secondary N) is 1. The van der Waals surface area contributed by atoms with Gasteiger partial charge in [0.25, 0.3) is 0 Å². The van der Waals surface area contributed by atoms with Crippen molar-refractivity contribution in [2.24, 2.45) is 0 Å². The van der Waals surface area contributed by atoms with Crippen molar-refractivity contribution in [1.29, 1.82) is 0 Å². The number of carboxylic acids is 1. The number of carbonyl (C=O) groups excluding carboxylic acids is 2.